The van der Waals surface area contributed by atoms with Crippen molar-refractivity contribution in [2.75, 3.05) is 6.54 Å². The minimum atomic E-state index is -0.352. The number of aliphatic hydroxyl groups is 1. The molecule has 4 nitrogen and oxygen atoms in total. The van der Waals surface area contributed by atoms with Gasteiger partial charge in [-0.25, -0.2) is 4.98 Å². The van der Waals surface area contributed by atoms with Gasteiger partial charge in [0.05, 0.1) is 21.3 Å². The van der Waals surface area contributed by atoms with Gasteiger partial charge in [0.1, 0.15) is 0 Å². The van der Waals surface area contributed by atoms with Crippen LogP contribution in [0.4, 0.5) is 0 Å². The molecule has 0 saturated heterocycles. The molecule has 2 N–H and O–H groups in total. The van der Waals surface area contributed by atoms with Gasteiger partial charge in [0.25, 0.3) is 0 Å². The quantitative estimate of drug-likeness (QED) is 0.827. The first-order chi connectivity index (χ1) is 10.1. The third-order valence-electron chi connectivity index (χ3n) is 3.44. The standard InChI is InChI=1S/C16H22N2O2S/c1-11(2)13(19)9-10-17-15(20)7-8-16-18-12-5-3-4-6-14(12)21-16/h3-6,11,13,19H,7-10H2,1-2H3,(H,17,20). The van der Waals surface area contributed by atoms with Crippen LogP contribution >= 0.6 is 11.3 Å². The Labute approximate surface area is 129 Å². The summed E-state index contributed by atoms with van der Waals surface area (Å²) in [6.07, 6.45) is 1.36. The summed E-state index contributed by atoms with van der Waals surface area (Å²) in [6.45, 7) is 4.47. The molecule has 1 unspecified atom stereocenters. The van der Waals surface area contributed by atoms with E-state index in [-0.39, 0.29) is 17.9 Å². The van der Waals surface area contributed by atoms with E-state index in [1.54, 1.807) is 11.3 Å². The molecular formula is C16H22N2O2S. The fourth-order valence-electron chi connectivity index (χ4n) is 2.03. The zero-order valence-corrected chi connectivity index (χ0v) is 13.3. The molecule has 2 rings (SSSR count). The molecule has 1 heterocycles. The fourth-order valence-corrected chi connectivity index (χ4v) is 3.00. The number of nitrogens with one attached hydrogen (secondary N) is 1. The van der Waals surface area contributed by atoms with Gasteiger partial charge in [-0.15, -0.1) is 11.3 Å². The van der Waals surface area contributed by atoms with E-state index in [0.717, 1.165) is 15.2 Å². The third-order valence-corrected chi connectivity index (χ3v) is 4.53. The molecule has 21 heavy (non-hydrogen) atoms. The molecule has 0 fully saturated rings. The van der Waals surface area contributed by atoms with Crippen molar-refractivity contribution in [1.29, 1.82) is 0 Å². The second-order valence-electron chi connectivity index (χ2n) is 5.53. The molecule has 1 aromatic heterocycles. The van der Waals surface area contributed by atoms with Crippen LogP contribution < -0.4 is 5.32 Å². The van der Waals surface area contributed by atoms with E-state index in [4.69, 9.17) is 0 Å². The minimum absolute atomic E-state index is 0.0187. The molecule has 0 aliphatic rings. The molecule has 1 amide bonds. The van der Waals surface area contributed by atoms with Crippen molar-refractivity contribution in [1.82, 2.24) is 10.3 Å². The summed E-state index contributed by atoms with van der Waals surface area (Å²) in [6, 6.07) is 8.00. The molecule has 0 radical (unpaired) electrons. The second kappa shape index (κ2) is 7.52. The Morgan fingerprint density at radius 1 is 1.38 bits per heavy atom. The second-order valence-corrected chi connectivity index (χ2v) is 6.64. The van der Waals surface area contributed by atoms with Crippen LogP contribution in [0.2, 0.25) is 0 Å². The van der Waals surface area contributed by atoms with Crippen molar-refractivity contribution >= 4 is 27.5 Å². The van der Waals surface area contributed by atoms with Crippen LogP contribution in [-0.4, -0.2) is 28.6 Å². The minimum Gasteiger partial charge on any atom is -0.393 e. The summed E-state index contributed by atoms with van der Waals surface area (Å²) in [5, 5.41) is 13.5. The maximum atomic E-state index is 11.8. The van der Waals surface area contributed by atoms with E-state index in [1.807, 2.05) is 38.1 Å². The van der Waals surface area contributed by atoms with Gasteiger partial charge in [-0.3, -0.25) is 4.79 Å². The Balaban J connectivity index is 1.73. The predicted molar refractivity (Wildman–Crippen MR) is 86.4 cm³/mol. The van der Waals surface area contributed by atoms with Crippen molar-refractivity contribution in [2.24, 2.45) is 5.92 Å². The Kier molecular flexibility index (Phi) is 5.70. The number of carbonyl (C=O) groups is 1. The molecule has 2 aromatic rings. The number of aryl methyl sites for hydroxylation is 1. The molecular weight excluding hydrogens is 284 g/mol. The zero-order chi connectivity index (χ0) is 15.2. The van der Waals surface area contributed by atoms with Gasteiger partial charge in [-0.05, 0) is 24.5 Å². The Morgan fingerprint density at radius 3 is 2.86 bits per heavy atom. The molecule has 0 spiro atoms. The number of aliphatic hydroxyl groups excluding tert-OH is 1. The molecule has 1 aromatic carbocycles. The van der Waals surface area contributed by atoms with E-state index >= 15 is 0 Å². The van der Waals surface area contributed by atoms with Crippen molar-refractivity contribution in [2.45, 2.75) is 39.2 Å². The zero-order valence-electron chi connectivity index (χ0n) is 12.5. The number of carbonyl (C=O) groups excluding carboxylic acids is 1. The molecule has 0 aliphatic carbocycles. The van der Waals surface area contributed by atoms with Crippen LogP contribution in [-0.2, 0) is 11.2 Å². The summed E-state index contributed by atoms with van der Waals surface area (Å²) in [5.41, 5.74) is 0.998. The lowest BCUT2D eigenvalue weighted by atomic mass is 10.0. The van der Waals surface area contributed by atoms with Gasteiger partial charge in [0, 0.05) is 19.4 Å². The van der Waals surface area contributed by atoms with E-state index in [1.165, 1.54) is 0 Å². The number of hydrogen-bond donors (Lipinski definition) is 2. The SMILES string of the molecule is CC(C)C(O)CCNC(=O)CCc1nc2ccccc2s1. The first-order valence-electron chi connectivity index (χ1n) is 7.35. The van der Waals surface area contributed by atoms with Gasteiger partial charge < -0.3 is 10.4 Å². The van der Waals surface area contributed by atoms with Gasteiger partial charge in [0.2, 0.25) is 5.91 Å². The first-order valence-corrected chi connectivity index (χ1v) is 8.17. The van der Waals surface area contributed by atoms with Crippen molar-refractivity contribution in [3.63, 3.8) is 0 Å². The topological polar surface area (TPSA) is 62.2 Å². The van der Waals surface area contributed by atoms with Gasteiger partial charge >= 0.3 is 0 Å². The largest absolute Gasteiger partial charge is 0.393 e. The van der Waals surface area contributed by atoms with E-state index in [0.29, 0.717) is 25.8 Å². The van der Waals surface area contributed by atoms with Crippen molar-refractivity contribution in [3.8, 4) is 0 Å². The lowest BCUT2D eigenvalue weighted by molar-refractivity contribution is -0.121. The highest BCUT2D eigenvalue weighted by molar-refractivity contribution is 7.18. The highest BCUT2D eigenvalue weighted by Gasteiger charge is 2.10. The summed E-state index contributed by atoms with van der Waals surface area (Å²) >= 11 is 1.64. The monoisotopic (exact) mass is 306 g/mol. The first kappa shape index (κ1) is 15.9. The number of hydrogen-bond acceptors (Lipinski definition) is 4. The summed E-state index contributed by atoms with van der Waals surface area (Å²) < 4.78 is 1.16. The molecule has 0 saturated carbocycles. The number of aromatic nitrogens is 1. The Bertz CT molecular complexity index is 562. The molecule has 5 heteroatoms. The number of rotatable bonds is 7. The number of nitrogens with zero attached hydrogens (tertiary/aromatic N) is 1. The third kappa shape index (κ3) is 4.79. The van der Waals surface area contributed by atoms with Crippen LogP contribution in [0.25, 0.3) is 10.2 Å². The summed E-state index contributed by atoms with van der Waals surface area (Å²) in [5.74, 6) is 0.245. The predicted octanol–water partition coefficient (Wildman–Crippen LogP) is 2.75. The van der Waals surface area contributed by atoms with Gasteiger partial charge in [0.15, 0.2) is 0 Å². The number of para-hydroxylation sites is 1. The van der Waals surface area contributed by atoms with Crippen LogP contribution in [0.15, 0.2) is 24.3 Å². The van der Waals surface area contributed by atoms with Crippen LogP contribution in [0.5, 0.6) is 0 Å². The van der Waals surface area contributed by atoms with Crippen molar-refractivity contribution in [3.05, 3.63) is 29.3 Å². The van der Waals surface area contributed by atoms with Crippen molar-refractivity contribution < 1.29 is 9.90 Å². The average molecular weight is 306 g/mol. The highest BCUT2D eigenvalue weighted by atomic mass is 32.1. The number of amides is 1. The number of benzene rings is 1. The smallest absolute Gasteiger partial charge is 0.220 e. The van der Waals surface area contributed by atoms with E-state index < -0.39 is 0 Å². The highest BCUT2D eigenvalue weighted by Crippen LogP contribution is 2.22. The molecule has 114 valence electrons. The fraction of sp³-hybridized carbons (Fsp3) is 0.500. The Morgan fingerprint density at radius 2 is 2.14 bits per heavy atom. The van der Waals surface area contributed by atoms with Crippen LogP contribution in [0, 0.1) is 5.92 Å². The number of thiazole rings is 1. The maximum Gasteiger partial charge on any atom is 0.220 e. The summed E-state index contributed by atoms with van der Waals surface area (Å²) in [7, 11) is 0. The molecule has 0 bridgehead atoms. The molecule has 1 atom stereocenters. The maximum absolute atomic E-state index is 11.8. The van der Waals surface area contributed by atoms with Crippen LogP contribution in [0.1, 0.15) is 31.7 Å². The number of fused-ring (bicyclic) bond motifs is 1. The average Bonchev–Trinajstić information content (AvgIpc) is 2.87. The molecule has 0 aliphatic heterocycles. The lowest BCUT2D eigenvalue weighted by Gasteiger charge is -2.14. The lowest BCUT2D eigenvalue weighted by Crippen LogP contribution is -2.28. The Hall–Kier alpha value is -1.46. The normalized spacial score (nSPS) is 12.8. The van der Waals surface area contributed by atoms with E-state index in [9.17, 15) is 9.90 Å². The van der Waals surface area contributed by atoms with Crippen LogP contribution in [0.3, 0.4) is 0 Å². The van der Waals surface area contributed by atoms with Gasteiger partial charge in [-0.1, -0.05) is 26.0 Å². The van der Waals surface area contributed by atoms with E-state index in [2.05, 4.69) is 10.3 Å². The van der Waals surface area contributed by atoms with Gasteiger partial charge in [-0.2, -0.15) is 0 Å². The summed E-state index contributed by atoms with van der Waals surface area (Å²) in [4.78, 5) is 16.3.